The van der Waals surface area contributed by atoms with E-state index in [4.69, 9.17) is 0 Å². The predicted octanol–water partition coefficient (Wildman–Crippen LogP) is 5.13. The molecule has 2 aromatic carbocycles. The monoisotopic (exact) mass is 320 g/mol. The van der Waals surface area contributed by atoms with Crippen LogP contribution in [0.15, 0.2) is 67.3 Å². The molecule has 2 rings (SSSR count). The molecule has 1 unspecified atom stereocenters. The second-order valence-electron chi connectivity index (χ2n) is 5.92. The molecule has 0 aliphatic carbocycles. The Bertz CT molecular complexity index is 628. The lowest BCUT2D eigenvalue weighted by Crippen LogP contribution is -2.46. The minimum atomic E-state index is -4.30. The van der Waals surface area contributed by atoms with Crippen molar-refractivity contribution in [2.75, 3.05) is 0 Å². The summed E-state index contributed by atoms with van der Waals surface area (Å²) in [5, 5.41) is 1.26. The zero-order valence-electron chi connectivity index (χ0n) is 12.7. The Labute approximate surface area is 130 Å². The van der Waals surface area contributed by atoms with E-state index in [1.165, 1.54) is 5.19 Å². The van der Waals surface area contributed by atoms with Gasteiger partial charge in [0.25, 0.3) is 0 Å². The van der Waals surface area contributed by atoms with Gasteiger partial charge in [0.1, 0.15) is 0 Å². The van der Waals surface area contributed by atoms with Crippen molar-refractivity contribution >= 4 is 13.3 Å². The van der Waals surface area contributed by atoms with Gasteiger partial charge in [0.15, 0.2) is 0 Å². The number of alkyl halides is 3. The summed E-state index contributed by atoms with van der Waals surface area (Å²) < 4.78 is 38.1. The first-order valence-electron chi connectivity index (χ1n) is 7.12. The molecule has 116 valence electrons. The highest BCUT2D eigenvalue weighted by Gasteiger charge is 2.34. The van der Waals surface area contributed by atoms with Gasteiger partial charge in [0.2, 0.25) is 0 Å². The first-order valence-corrected chi connectivity index (χ1v) is 10.2. The van der Waals surface area contributed by atoms with Crippen LogP contribution in [0.25, 0.3) is 0 Å². The Morgan fingerprint density at radius 3 is 1.95 bits per heavy atom. The molecule has 1 atom stereocenters. The maximum Gasteiger partial charge on any atom is 0.416 e. The highest BCUT2D eigenvalue weighted by molar-refractivity contribution is 6.91. The van der Waals surface area contributed by atoms with Crippen LogP contribution in [0.1, 0.15) is 16.7 Å². The minimum Gasteiger partial charge on any atom is -0.166 e. The van der Waals surface area contributed by atoms with E-state index in [0.717, 1.165) is 17.7 Å². The van der Waals surface area contributed by atoms with E-state index in [-0.39, 0.29) is 5.54 Å². The summed E-state index contributed by atoms with van der Waals surface area (Å²) in [5.41, 5.74) is 0.346. The van der Waals surface area contributed by atoms with Gasteiger partial charge in [-0.15, -0.1) is 6.58 Å². The summed E-state index contributed by atoms with van der Waals surface area (Å²) in [6.07, 6.45) is -2.43. The van der Waals surface area contributed by atoms with Gasteiger partial charge in [-0.1, -0.05) is 66.8 Å². The van der Waals surface area contributed by atoms with Crippen LogP contribution in [0.2, 0.25) is 13.1 Å². The number of hydrogen-bond donors (Lipinski definition) is 0. The van der Waals surface area contributed by atoms with Gasteiger partial charge in [-0.3, -0.25) is 0 Å². The van der Waals surface area contributed by atoms with E-state index in [0.29, 0.717) is 0 Å². The highest BCUT2D eigenvalue weighted by Crippen LogP contribution is 2.33. The summed E-state index contributed by atoms with van der Waals surface area (Å²) in [5.74, 6) is 0. The summed E-state index contributed by atoms with van der Waals surface area (Å²) in [6.45, 7) is 8.34. The van der Waals surface area contributed by atoms with Crippen molar-refractivity contribution in [3.05, 3.63) is 78.4 Å². The Hall–Kier alpha value is -1.81. The second kappa shape index (κ2) is 6.13. The number of halogens is 3. The standard InChI is InChI=1S/C18H19F3Si/c1-4-17(22(2,3)16-8-6-5-7-9-16)14-10-12-15(13-11-14)18(19,20)21/h4-13,17H,1H2,2-3H3. The molecule has 0 spiro atoms. The Balaban J connectivity index is 2.38. The number of rotatable bonds is 4. The quantitative estimate of drug-likeness (QED) is 0.541. The highest BCUT2D eigenvalue weighted by atomic mass is 28.3. The van der Waals surface area contributed by atoms with E-state index in [1.54, 1.807) is 12.1 Å². The molecule has 0 bridgehead atoms. The van der Waals surface area contributed by atoms with Gasteiger partial charge in [0, 0.05) is 5.54 Å². The number of allylic oxidation sites excluding steroid dienone is 1. The molecule has 0 fully saturated rings. The topological polar surface area (TPSA) is 0 Å². The third-order valence-corrected chi connectivity index (χ3v) is 8.07. The van der Waals surface area contributed by atoms with Gasteiger partial charge < -0.3 is 0 Å². The Morgan fingerprint density at radius 1 is 0.955 bits per heavy atom. The van der Waals surface area contributed by atoms with Crippen LogP contribution < -0.4 is 5.19 Å². The smallest absolute Gasteiger partial charge is 0.166 e. The van der Waals surface area contributed by atoms with Gasteiger partial charge in [-0.25, -0.2) is 0 Å². The van der Waals surface area contributed by atoms with E-state index >= 15 is 0 Å². The van der Waals surface area contributed by atoms with Gasteiger partial charge in [0.05, 0.1) is 13.6 Å². The average molecular weight is 320 g/mol. The molecule has 2 aromatic rings. The van der Waals surface area contributed by atoms with Crippen LogP contribution in [0, 0.1) is 0 Å². The molecule has 0 aliphatic rings. The van der Waals surface area contributed by atoms with Crippen LogP contribution >= 0.6 is 0 Å². The van der Waals surface area contributed by atoms with Crippen molar-refractivity contribution in [2.24, 2.45) is 0 Å². The normalized spacial score (nSPS) is 13.7. The molecule has 0 N–H and O–H groups in total. The second-order valence-corrected chi connectivity index (χ2v) is 10.6. The van der Waals surface area contributed by atoms with E-state index < -0.39 is 19.8 Å². The minimum absolute atomic E-state index is 0.0668. The Kier molecular flexibility index (Phi) is 4.61. The fourth-order valence-electron chi connectivity index (χ4n) is 2.77. The zero-order chi connectivity index (χ0) is 16.4. The lowest BCUT2D eigenvalue weighted by Gasteiger charge is -2.31. The van der Waals surface area contributed by atoms with Crippen LogP contribution in [-0.2, 0) is 6.18 Å². The molecule has 22 heavy (non-hydrogen) atoms. The van der Waals surface area contributed by atoms with Crippen molar-refractivity contribution in [3.8, 4) is 0 Å². The summed E-state index contributed by atoms with van der Waals surface area (Å²) >= 11 is 0. The summed E-state index contributed by atoms with van der Waals surface area (Å²) in [4.78, 5) is 0. The maximum atomic E-state index is 12.7. The van der Waals surface area contributed by atoms with Crippen molar-refractivity contribution in [1.82, 2.24) is 0 Å². The lowest BCUT2D eigenvalue weighted by molar-refractivity contribution is -0.137. The van der Waals surface area contributed by atoms with Gasteiger partial charge >= 0.3 is 6.18 Å². The Morgan fingerprint density at radius 2 is 1.50 bits per heavy atom. The number of hydrogen-bond acceptors (Lipinski definition) is 0. The molecule has 0 aliphatic heterocycles. The van der Waals surface area contributed by atoms with Crippen LogP contribution in [0.4, 0.5) is 13.2 Å². The van der Waals surface area contributed by atoms with Crippen LogP contribution in [-0.4, -0.2) is 8.07 Å². The van der Waals surface area contributed by atoms with Gasteiger partial charge in [-0.2, -0.15) is 13.2 Å². The molecule has 0 aromatic heterocycles. The molecule has 0 saturated carbocycles. The van der Waals surface area contributed by atoms with Gasteiger partial charge in [-0.05, 0) is 17.7 Å². The average Bonchev–Trinajstić information content (AvgIpc) is 2.48. The molecule has 0 amide bonds. The number of benzene rings is 2. The van der Waals surface area contributed by atoms with Crippen molar-refractivity contribution < 1.29 is 13.2 Å². The molecule has 0 heterocycles. The largest absolute Gasteiger partial charge is 0.416 e. The van der Waals surface area contributed by atoms with Crippen molar-refractivity contribution in [2.45, 2.75) is 24.8 Å². The van der Waals surface area contributed by atoms with Crippen LogP contribution in [0.5, 0.6) is 0 Å². The molecule has 4 heteroatoms. The van der Waals surface area contributed by atoms with E-state index in [2.05, 4.69) is 31.8 Å². The van der Waals surface area contributed by atoms with E-state index in [9.17, 15) is 13.2 Å². The third kappa shape index (κ3) is 3.33. The fourth-order valence-corrected chi connectivity index (χ4v) is 5.80. The maximum absolute atomic E-state index is 12.7. The molecule has 0 nitrogen and oxygen atoms in total. The predicted molar refractivity (Wildman–Crippen MR) is 87.9 cm³/mol. The molecule has 0 radical (unpaired) electrons. The zero-order valence-corrected chi connectivity index (χ0v) is 13.7. The van der Waals surface area contributed by atoms with Crippen molar-refractivity contribution in [1.29, 1.82) is 0 Å². The summed E-state index contributed by atoms with van der Waals surface area (Å²) in [7, 11) is -1.91. The molecule has 0 saturated heterocycles. The lowest BCUT2D eigenvalue weighted by atomic mass is 10.1. The van der Waals surface area contributed by atoms with Crippen molar-refractivity contribution in [3.63, 3.8) is 0 Å². The summed E-state index contributed by atoms with van der Waals surface area (Å²) in [6, 6.07) is 15.6. The molecular formula is C18H19F3Si. The SMILES string of the molecule is C=CC(c1ccc(C(F)(F)F)cc1)[Si](C)(C)c1ccccc1. The third-order valence-electron chi connectivity index (χ3n) is 4.13. The fraction of sp³-hybridized carbons (Fsp3) is 0.222. The molecular weight excluding hydrogens is 301 g/mol. The van der Waals surface area contributed by atoms with Crippen LogP contribution in [0.3, 0.4) is 0 Å². The first kappa shape index (κ1) is 16.6. The first-order chi connectivity index (χ1) is 10.3. The van der Waals surface area contributed by atoms with E-state index in [1.807, 2.05) is 24.3 Å².